The molecule has 1 fully saturated rings. The Morgan fingerprint density at radius 2 is 1.88 bits per heavy atom. The highest BCUT2D eigenvalue weighted by Gasteiger charge is 2.43. The van der Waals surface area contributed by atoms with Gasteiger partial charge < -0.3 is 9.32 Å². The smallest absolute Gasteiger partial charge is 0.290 e. The third-order valence-corrected chi connectivity index (χ3v) is 4.67. The summed E-state index contributed by atoms with van der Waals surface area (Å²) in [4.78, 5) is 37.8. The van der Waals surface area contributed by atoms with Gasteiger partial charge in [0, 0.05) is 25.6 Å². The molecule has 2 heterocycles. The molecule has 5 nitrogen and oxygen atoms in total. The second-order valence-corrected chi connectivity index (χ2v) is 6.36. The minimum absolute atomic E-state index is 0.0608. The number of nitrogens with zero attached hydrogens (tertiary/aromatic N) is 1. The highest BCUT2D eigenvalue weighted by atomic mass is 19.1. The van der Waals surface area contributed by atoms with Crippen LogP contribution in [0.1, 0.15) is 33.0 Å². The molecule has 6 heteroatoms. The predicted octanol–water partition coefficient (Wildman–Crippen LogP) is 2.47. The van der Waals surface area contributed by atoms with E-state index in [-0.39, 0.29) is 18.1 Å². The largest absolute Gasteiger partial charge is 0.458 e. The fraction of sp³-hybridized carbons (Fsp3) is 0.316. The first-order valence-electron chi connectivity index (χ1n) is 7.96. The van der Waals surface area contributed by atoms with Crippen molar-refractivity contribution in [2.75, 3.05) is 13.6 Å². The monoisotopic (exact) mass is 343 g/mol. The van der Waals surface area contributed by atoms with Gasteiger partial charge in [0.1, 0.15) is 17.5 Å². The molecule has 1 saturated heterocycles. The number of ketones is 2. The Morgan fingerprint density at radius 1 is 1.24 bits per heavy atom. The van der Waals surface area contributed by atoms with Crippen molar-refractivity contribution in [3.63, 3.8) is 0 Å². The van der Waals surface area contributed by atoms with Crippen LogP contribution in [0.5, 0.6) is 0 Å². The van der Waals surface area contributed by atoms with Gasteiger partial charge >= 0.3 is 0 Å². The van der Waals surface area contributed by atoms with Crippen LogP contribution in [0, 0.1) is 25.6 Å². The zero-order valence-electron chi connectivity index (χ0n) is 14.3. The van der Waals surface area contributed by atoms with Crippen LogP contribution in [0.25, 0.3) is 0 Å². The summed E-state index contributed by atoms with van der Waals surface area (Å²) in [5.74, 6) is -2.50. The normalized spacial score (nSPS) is 17.4. The molecule has 1 aliphatic rings. The molecule has 0 radical (unpaired) electrons. The maximum Gasteiger partial charge on any atom is 0.290 e. The van der Waals surface area contributed by atoms with Crippen LogP contribution in [-0.2, 0) is 16.0 Å². The Hall–Kier alpha value is -2.76. The predicted molar refractivity (Wildman–Crippen MR) is 87.9 cm³/mol. The second kappa shape index (κ2) is 6.27. The lowest BCUT2D eigenvalue weighted by atomic mass is 9.94. The van der Waals surface area contributed by atoms with Gasteiger partial charge in [0.2, 0.25) is 11.6 Å². The third-order valence-electron chi connectivity index (χ3n) is 4.67. The quantitative estimate of drug-likeness (QED) is 0.486. The zero-order valence-corrected chi connectivity index (χ0v) is 14.3. The summed E-state index contributed by atoms with van der Waals surface area (Å²) in [7, 11) is 1.49. The van der Waals surface area contributed by atoms with E-state index < -0.39 is 23.4 Å². The first kappa shape index (κ1) is 17.1. The van der Waals surface area contributed by atoms with Gasteiger partial charge in [0.25, 0.3) is 5.91 Å². The van der Waals surface area contributed by atoms with Gasteiger partial charge in [-0.3, -0.25) is 14.4 Å². The van der Waals surface area contributed by atoms with Crippen LogP contribution in [0.15, 0.2) is 28.7 Å². The molecule has 1 aliphatic heterocycles. The van der Waals surface area contributed by atoms with Crippen LogP contribution in [0.2, 0.25) is 0 Å². The molecule has 130 valence electrons. The molecule has 1 aromatic heterocycles. The first-order chi connectivity index (χ1) is 11.8. The summed E-state index contributed by atoms with van der Waals surface area (Å²) in [6.45, 7) is 3.64. The molecule has 1 aromatic carbocycles. The van der Waals surface area contributed by atoms with Gasteiger partial charge in [-0.05, 0) is 37.1 Å². The standard InChI is InChI=1S/C19H18FNO4/c1-10-11(2)25-18(14(10)8-12-4-6-13(20)7-5-12)16(22)15-9-21(3)19(24)17(15)23/h4-7,15H,8-9H2,1-3H3. The molecule has 25 heavy (non-hydrogen) atoms. The summed E-state index contributed by atoms with van der Waals surface area (Å²) in [5.41, 5.74) is 2.31. The Balaban J connectivity index is 1.95. The van der Waals surface area contributed by atoms with Crippen molar-refractivity contribution in [1.82, 2.24) is 4.90 Å². The van der Waals surface area contributed by atoms with Gasteiger partial charge in [-0.1, -0.05) is 12.1 Å². The van der Waals surface area contributed by atoms with Gasteiger partial charge in [0.15, 0.2) is 5.76 Å². The van der Waals surface area contributed by atoms with E-state index in [1.807, 2.05) is 6.92 Å². The van der Waals surface area contributed by atoms with Crippen LogP contribution >= 0.6 is 0 Å². The van der Waals surface area contributed by atoms with E-state index in [9.17, 15) is 18.8 Å². The maximum atomic E-state index is 13.1. The average Bonchev–Trinajstić information content (AvgIpc) is 3.01. The van der Waals surface area contributed by atoms with E-state index in [1.54, 1.807) is 19.1 Å². The highest BCUT2D eigenvalue weighted by molar-refractivity contribution is 6.43. The van der Waals surface area contributed by atoms with E-state index in [4.69, 9.17) is 4.42 Å². The molecular formula is C19H18FNO4. The minimum Gasteiger partial charge on any atom is -0.458 e. The summed E-state index contributed by atoms with van der Waals surface area (Å²) < 4.78 is 18.7. The third kappa shape index (κ3) is 2.99. The number of rotatable bonds is 4. The Labute approximate surface area is 144 Å². The molecule has 0 saturated carbocycles. The number of halogens is 1. The number of likely N-dealkylation sites (N-methyl/N-ethyl adjacent to an activating group) is 1. The minimum atomic E-state index is -1.03. The number of carbonyl (C=O) groups is 3. The number of hydrogen-bond donors (Lipinski definition) is 0. The van der Waals surface area contributed by atoms with E-state index in [0.29, 0.717) is 17.7 Å². The summed E-state index contributed by atoms with van der Waals surface area (Å²) in [6, 6.07) is 5.99. The van der Waals surface area contributed by atoms with E-state index in [0.717, 1.165) is 11.1 Å². The number of Topliss-reactive ketones (excluding diaryl/α,β-unsaturated/α-hetero) is 2. The molecule has 0 aliphatic carbocycles. The van der Waals surface area contributed by atoms with Gasteiger partial charge in [-0.2, -0.15) is 0 Å². The second-order valence-electron chi connectivity index (χ2n) is 6.36. The van der Waals surface area contributed by atoms with Crippen molar-refractivity contribution in [3.05, 3.63) is 58.3 Å². The molecule has 3 rings (SSSR count). The van der Waals surface area contributed by atoms with Crippen LogP contribution < -0.4 is 0 Å². The Kier molecular flexibility index (Phi) is 4.29. The average molecular weight is 343 g/mol. The molecule has 1 amide bonds. The molecule has 1 unspecified atom stereocenters. The molecule has 0 bridgehead atoms. The van der Waals surface area contributed by atoms with Crippen molar-refractivity contribution in [1.29, 1.82) is 0 Å². The van der Waals surface area contributed by atoms with Crippen LogP contribution in [-0.4, -0.2) is 36.0 Å². The molecule has 2 aromatic rings. The summed E-state index contributed by atoms with van der Waals surface area (Å²) in [6.07, 6.45) is 0.384. The number of hydrogen-bond acceptors (Lipinski definition) is 4. The van der Waals surface area contributed by atoms with Crippen molar-refractivity contribution in [3.8, 4) is 0 Å². The Morgan fingerprint density at radius 3 is 2.44 bits per heavy atom. The lowest BCUT2D eigenvalue weighted by Gasteiger charge is -2.08. The maximum absolute atomic E-state index is 13.1. The van der Waals surface area contributed by atoms with Crippen molar-refractivity contribution >= 4 is 17.5 Å². The highest BCUT2D eigenvalue weighted by Crippen LogP contribution is 2.28. The fourth-order valence-electron chi connectivity index (χ4n) is 3.03. The fourth-order valence-corrected chi connectivity index (χ4v) is 3.03. The topological polar surface area (TPSA) is 67.6 Å². The molecule has 0 spiro atoms. The number of likely N-dealkylation sites (tertiary alicyclic amines) is 1. The number of amides is 1. The number of carbonyl (C=O) groups excluding carboxylic acids is 3. The summed E-state index contributed by atoms with van der Waals surface area (Å²) >= 11 is 0. The van der Waals surface area contributed by atoms with Crippen molar-refractivity contribution < 1.29 is 23.2 Å². The van der Waals surface area contributed by atoms with Gasteiger partial charge in [-0.25, -0.2) is 4.39 Å². The van der Waals surface area contributed by atoms with E-state index in [2.05, 4.69) is 0 Å². The number of aryl methyl sites for hydroxylation is 1. The lowest BCUT2D eigenvalue weighted by Crippen LogP contribution is -2.24. The molecule has 0 N–H and O–H groups in total. The van der Waals surface area contributed by atoms with Gasteiger partial charge in [-0.15, -0.1) is 0 Å². The molecule has 1 atom stereocenters. The van der Waals surface area contributed by atoms with Crippen LogP contribution in [0.3, 0.4) is 0 Å². The zero-order chi connectivity index (χ0) is 18.3. The van der Waals surface area contributed by atoms with E-state index >= 15 is 0 Å². The number of furan rings is 1. The van der Waals surface area contributed by atoms with E-state index in [1.165, 1.54) is 24.1 Å². The Bertz CT molecular complexity index is 866. The summed E-state index contributed by atoms with van der Waals surface area (Å²) in [5, 5.41) is 0. The SMILES string of the molecule is Cc1oc(C(=O)C2CN(C)C(=O)C2=O)c(Cc2ccc(F)cc2)c1C. The number of benzene rings is 1. The van der Waals surface area contributed by atoms with Crippen LogP contribution in [0.4, 0.5) is 4.39 Å². The van der Waals surface area contributed by atoms with Crippen molar-refractivity contribution in [2.24, 2.45) is 5.92 Å². The van der Waals surface area contributed by atoms with Crippen molar-refractivity contribution in [2.45, 2.75) is 20.3 Å². The first-order valence-corrected chi connectivity index (χ1v) is 7.96. The lowest BCUT2D eigenvalue weighted by molar-refractivity contribution is -0.139. The van der Waals surface area contributed by atoms with Gasteiger partial charge in [0.05, 0.1) is 0 Å². The molecular weight excluding hydrogens is 325 g/mol.